The molecule has 2 saturated heterocycles. The van der Waals surface area contributed by atoms with E-state index in [-0.39, 0.29) is 12.4 Å². The second kappa shape index (κ2) is 5.87. The number of aromatic nitrogens is 3. The van der Waals surface area contributed by atoms with Crippen LogP contribution in [0, 0.1) is 0 Å². The molecule has 24 heavy (non-hydrogen) atoms. The zero-order valence-corrected chi connectivity index (χ0v) is 14.3. The van der Waals surface area contributed by atoms with E-state index in [1.807, 2.05) is 0 Å². The normalized spacial score (nSPS) is 34.0. The molecular weight excluding hydrogens is 343 g/mol. The van der Waals surface area contributed by atoms with E-state index in [1.54, 1.807) is 13.8 Å². The van der Waals surface area contributed by atoms with Gasteiger partial charge >= 0.3 is 7.60 Å². The minimum absolute atomic E-state index is 0.151. The number of primary amides is 1. The van der Waals surface area contributed by atoms with Gasteiger partial charge < -0.3 is 29.4 Å². The van der Waals surface area contributed by atoms with Gasteiger partial charge in [-0.05, 0) is 13.8 Å². The van der Waals surface area contributed by atoms with E-state index in [2.05, 4.69) is 10.1 Å². The van der Waals surface area contributed by atoms with Crippen molar-refractivity contribution in [1.82, 2.24) is 14.8 Å². The van der Waals surface area contributed by atoms with Gasteiger partial charge in [0.05, 0.1) is 6.61 Å². The van der Waals surface area contributed by atoms with Crippen LogP contribution in [0.2, 0.25) is 0 Å². The van der Waals surface area contributed by atoms with Crippen LogP contribution in [0.5, 0.6) is 0 Å². The van der Waals surface area contributed by atoms with Gasteiger partial charge in [-0.2, -0.15) is 0 Å². The molecule has 2 aliphatic rings. The predicted octanol–water partition coefficient (Wildman–Crippen LogP) is -0.374. The van der Waals surface area contributed by atoms with E-state index >= 15 is 0 Å². The molecule has 0 saturated carbocycles. The highest BCUT2D eigenvalue weighted by atomic mass is 31.2. The number of carbonyl (C=O) groups is 1. The lowest BCUT2D eigenvalue weighted by Gasteiger charge is -2.24. The molecule has 3 rings (SSSR count). The number of nitrogens with zero attached hydrogens (tertiary/aromatic N) is 3. The van der Waals surface area contributed by atoms with Crippen LogP contribution >= 0.6 is 7.60 Å². The molecule has 2 fully saturated rings. The Kier molecular flexibility index (Phi) is 4.27. The number of hydrogen-bond acceptors (Lipinski definition) is 8. The highest BCUT2D eigenvalue weighted by Crippen LogP contribution is 2.44. The minimum Gasteiger partial charge on any atom is -0.363 e. The lowest BCUT2D eigenvalue weighted by atomic mass is 10.1. The summed E-state index contributed by atoms with van der Waals surface area (Å²) in [5.74, 6) is -1.78. The lowest BCUT2D eigenvalue weighted by Crippen LogP contribution is -2.32. The molecule has 0 spiro atoms. The first-order chi connectivity index (χ1) is 11.1. The SMILES string of the molecule is CC1(C)OC2[C@@H](O1)[C@@H](COP(C)(=O)O)O[C@H]2n1cnc(C(N)=O)n1. The molecular formula is C12H19N4O7P. The van der Waals surface area contributed by atoms with Crippen molar-refractivity contribution < 1.29 is 33.0 Å². The van der Waals surface area contributed by atoms with Crippen LogP contribution in [0.25, 0.3) is 0 Å². The van der Waals surface area contributed by atoms with Crippen molar-refractivity contribution in [1.29, 1.82) is 0 Å². The van der Waals surface area contributed by atoms with Gasteiger partial charge in [0.2, 0.25) is 5.82 Å². The average Bonchev–Trinajstić information content (AvgIpc) is 3.08. The van der Waals surface area contributed by atoms with Gasteiger partial charge in [0, 0.05) is 6.66 Å². The summed E-state index contributed by atoms with van der Waals surface area (Å²) in [5.41, 5.74) is 5.15. The van der Waals surface area contributed by atoms with E-state index in [4.69, 9.17) is 24.5 Å². The molecule has 11 nitrogen and oxygen atoms in total. The van der Waals surface area contributed by atoms with Crippen molar-refractivity contribution in [2.45, 2.75) is 44.2 Å². The predicted molar refractivity (Wildman–Crippen MR) is 78.0 cm³/mol. The summed E-state index contributed by atoms with van der Waals surface area (Å²) in [5, 5.41) is 3.97. The summed E-state index contributed by atoms with van der Waals surface area (Å²) >= 11 is 0. The molecule has 2 unspecified atom stereocenters. The fourth-order valence-electron chi connectivity index (χ4n) is 2.73. The van der Waals surface area contributed by atoms with Gasteiger partial charge in [0.15, 0.2) is 12.0 Å². The number of fused-ring (bicyclic) bond motifs is 1. The molecule has 1 amide bonds. The van der Waals surface area contributed by atoms with E-state index < -0.39 is 43.8 Å². The van der Waals surface area contributed by atoms with Crippen LogP contribution in [-0.4, -0.2) is 62.9 Å². The first-order valence-electron chi connectivity index (χ1n) is 7.22. The van der Waals surface area contributed by atoms with E-state index in [0.29, 0.717) is 0 Å². The van der Waals surface area contributed by atoms with E-state index in [1.165, 1.54) is 11.0 Å². The molecule has 5 atom stereocenters. The number of nitrogens with two attached hydrogens (primary N) is 1. The Hall–Kier alpha value is -1.36. The Balaban J connectivity index is 1.82. The Labute approximate surface area is 137 Å². The van der Waals surface area contributed by atoms with E-state index in [0.717, 1.165) is 6.66 Å². The summed E-state index contributed by atoms with van der Waals surface area (Å²) in [6, 6.07) is 0. The Bertz CT molecular complexity index is 687. The second-order valence-corrected chi connectivity index (χ2v) is 8.01. The second-order valence-electron chi connectivity index (χ2n) is 6.14. The first kappa shape index (κ1) is 17.5. The average molecular weight is 362 g/mol. The summed E-state index contributed by atoms with van der Waals surface area (Å²) < 4.78 is 35.0. The number of hydrogen-bond donors (Lipinski definition) is 2. The highest BCUT2D eigenvalue weighted by Gasteiger charge is 2.56. The van der Waals surface area contributed by atoms with Crippen LogP contribution in [0.4, 0.5) is 0 Å². The number of ether oxygens (including phenoxy) is 3. The quantitative estimate of drug-likeness (QED) is 0.669. The standard InChI is InChI=1S/C12H19N4O7P/c1-12(2)22-7-6(4-20-24(3,18)19)21-11(8(7)23-12)16-5-14-10(15-16)9(13)17/h5-8,11H,4H2,1-3H3,(H2,13,17)(H,18,19)/t6-,7+,8?,11-/m1/s1. The van der Waals surface area contributed by atoms with Gasteiger partial charge in [-0.25, -0.2) is 9.67 Å². The summed E-state index contributed by atoms with van der Waals surface area (Å²) in [6.45, 7) is 4.42. The molecule has 1 aromatic heterocycles. The fraction of sp³-hybridized carbons (Fsp3) is 0.750. The molecule has 0 bridgehead atoms. The van der Waals surface area contributed by atoms with Gasteiger partial charge in [-0.1, -0.05) is 0 Å². The molecule has 3 heterocycles. The third-order valence-electron chi connectivity index (χ3n) is 3.59. The summed E-state index contributed by atoms with van der Waals surface area (Å²) in [6.07, 6.45) is -1.16. The van der Waals surface area contributed by atoms with Gasteiger partial charge in [0.25, 0.3) is 5.91 Å². The van der Waals surface area contributed by atoms with Crippen molar-refractivity contribution in [3.8, 4) is 0 Å². The van der Waals surface area contributed by atoms with Gasteiger partial charge in [0.1, 0.15) is 24.6 Å². The Morgan fingerprint density at radius 1 is 1.50 bits per heavy atom. The Morgan fingerprint density at radius 3 is 2.75 bits per heavy atom. The fourth-order valence-corrected chi connectivity index (χ4v) is 3.15. The molecule has 0 radical (unpaired) electrons. The highest BCUT2D eigenvalue weighted by molar-refractivity contribution is 7.51. The molecule has 2 aliphatic heterocycles. The van der Waals surface area contributed by atoms with Crippen LogP contribution in [0.3, 0.4) is 0 Å². The van der Waals surface area contributed by atoms with Crippen LogP contribution in [0.15, 0.2) is 6.33 Å². The van der Waals surface area contributed by atoms with Crippen molar-refractivity contribution >= 4 is 13.5 Å². The van der Waals surface area contributed by atoms with Crippen LogP contribution < -0.4 is 5.73 Å². The monoisotopic (exact) mass is 362 g/mol. The zero-order valence-electron chi connectivity index (χ0n) is 13.4. The smallest absolute Gasteiger partial charge is 0.325 e. The minimum atomic E-state index is -3.66. The summed E-state index contributed by atoms with van der Waals surface area (Å²) in [4.78, 5) is 24.2. The zero-order chi connectivity index (χ0) is 17.7. The molecule has 3 N–H and O–H groups in total. The number of amides is 1. The molecule has 0 aliphatic carbocycles. The van der Waals surface area contributed by atoms with Gasteiger partial charge in [-0.15, -0.1) is 5.10 Å². The third-order valence-corrected chi connectivity index (χ3v) is 4.22. The largest absolute Gasteiger partial charge is 0.363 e. The maximum atomic E-state index is 11.3. The number of rotatable bonds is 5. The summed E-state index contributed by atoms with van der Waals surface area (Å²) in [7, 11) is -3.66. The van der Waals surface area contributed by atoms with Crippen LogP contribution in [0.1, 0.15) is 30.7 Å². The lowest BCUT2D eigenvalue weighted by molar-refractivity contribution is -0.200. The maximum absolute atomic E-state index is 11.3. The van der Waals surface area contributed by atoms with Gasteiger partial charge in [-0.3, -0.25) is 9.36 Å². The van der Waals surface area contributed by atoms with E-state index in [9.17, 15) is 14.3 Å². The van der Waals surface area contributed by atoms with Crippen molar-refractivity contribution in [2.24, 2.45) is 5.73 Å². The van der Waals surface area contributed by atoms with Crippen molar-refractivity contribution in [3.05, 3.63) is 12.2 Å². The first-order valence-corrected chi connectivity index (χ1v) is 9.25. The maximum Gasteiger partial charge on any atom is 0.325 e. The van der Waals surface area contributed by atoms with Crippen LogP contribution in [-0.2, 0) is 23.3 Å². The topological polar surface area (TPSA) is 148 Å². The van der Waals surface area contributed by atoms with Crippen molar-refractivity contribution in [3.63, 3.8) is 0 Å². The molecule has 134 valence electrons. The van der Waals surface area contributed by atoms with Crippen molar-refractivity contribution in [2.75, 3.05) is 13.3 Å². The molecule has 12 heteroatoms. The third kappa shape index (κ3) is 3.51. The Morgan fingerprint density at radius 2 is 2.17 bits per heavy atom. The molecule has 1 aromatic rings. The molecule has 0 aromatic carbocycles. The number of carbonyl (C=O) groups excluding carboxylic acids is 1.